The molecule has 2 heterocycles. The lowest BCUT2D eigenvalue weighted by Crippen LogP contribution is -2.44. The zero-order chi connectivity index (χ0) is 22.7. The van der Waals surface area contributed by atoms with E-state index in [0.29, 0.717) is 30.0 Å². The van der Waals surface area contributed by atoms with Crippen molar-refractivity contribution < 1.29 is 14.2 Å². The minimum absolute atomic E-state index is 0.148. The molecule has 0 amide bonds. The molecule has 1 N–H and O–H groups in total. The van der Waals surface area contributed by atoms with Gasteiger partial charge >= 0.3 is 5.69 Å². The second-order valence-corrected chi connectivity index (χ2v) is 8.58. The largest absolute Gasteiger partial charge is 0.491 e. The van der Waals surface area contributed by atoms with Crippen LogP contribution < -0.4 is 16.0 Å². The summed E-state index contributed by atoms with van der Waals surface area (Å²) in [4.78, 5) is 30.6. The Morgan fingerprint density at radius 3 is 2.26 bits per heavy atom. The van der Waals surface area contributed by atoms with E-state index >= 15 is 0 Å². The zero-order valence-corrected chi connectivity index (χ0v) is 18.3. The van der Waals surface area contributed by atoms with Crippen molar-refractivity contribution in [1.82, 2.24) is 18.7 Å². The van der Waals surface area contributed by atoms with Crippen molar-refractivity contribution in [2.45, 2.75) is 53.4 Å². The Morgan fingerprint density at radius 1 is 1.00 bits per heavy atom. The molecule has 1 aromatic carbocycles. The molecule has 0 aliphatic heterocycles. The molecular weight excluding hydrogens is 403 g/mol. The van der Waals surface area contributed by atoms with Crippen LogP contribution in [0.25, 0.3) is 11.2 Å². The normalized spacial score (nSPS) is 12.8. The molecule has 3 aromatic rings. The van der Waals surface area contributed by atoms with Gasteiger partial charge < -0.3 is 14.4 Å². The Hall–Kier alpha value is -2.94. The molecule has 0 saturated heterocycles. The molecule has 2 aromatic heterocycles. The number of aliphatic hydroxyl groups is 1. The van der Waals surface area contributed by atoms with Crippen LogP contribution in [0, 0.1) is 17.7 Å². The highest BCUT2D eigenvalue weighted by Crippen LogP contribution is 2.13. The number of hydrogen-bond donors (Lipinski definition) is 1. The predicted octanol–water partition coefficient (Wildman–Crippen LogP) is 2.25. The Balaban J connectivity index is 1.95. The number of aromatic nitrogens is 4. The minimum atomic E-state index is -1.11. The molecule has 31 heavy (non-hydrogen) atoms. The lowest BCUT2D eigenvalue weighted by molar-refractivity contribution is 0.0900. The van der Waals surface area contributed by atoms with Gasteiger partial charge in [-0.15, -0.1) is 0 Å². The monoisotopic (exact) mass is 432 g/mol. The second-order valence-electron chi connectivity index (χ2n) is 8.58. The quantitative estimate of drug-likeness (QED) is 0.560. The van der Waals surface area contributed by atoms with Crippen LogP contribution in [0.3, 0.4) is 0 Å². The van der Waals surface area contributed by atoms with Crippen molar-refractivity contribution in [2.75, 3.05) is 6.61 Å². The van der Waals surface area contributed by atoms with Gasteiger partial charge in [-0.25, -0.2) is 14.2 Å². The molecular formula is C22H29FN4O4. The van der Waals surface area contributed by atoms with Gasteiger partial charge in [0.05, 0.1) is 12.9 Å². The number of nitrogens with zero attached hydrogens (tertiary/aromatic N) is 4. The van der Waals surface area contributed by atoms with Crippen molar-refractivity contribution in [3.05, 3.63) is 57.2 Å². The van der Waals surface area contributed by atoms with Crippen molar-refractivity contribution in [2.24, 2.45) is 11.8 Å². The van der Waals surface area contributed by atoms with E-state index in [1.54, 1.807) is 10.9 Å². The molecule has 168 valence electrons. The highest BCUT2D eigenvalue weighted by molar-refractivity contribution is 5.70. The Morgan fingerprint density at radius 2 is 1.65 bits per heavy atom. The molecule has 8 nitrogen and oxygen atoms in total. The highest BCUT2D eigenvalue weighted by atomic mass is 19.1. The van der Waals surface area contributed by atoms with Crippen LogP contribution in [0.2, 0.25) is 0 Å². The number of ether oxygens (including phenoxy) is 1. The summed E-state index contributed by atoms with van der Waals surface area (Å²) < 4.78 is 22.8. The van der Waals surface area contributed by atoms with Crippen molar-refractivity contribution in [3.8, 4) is 5.75 Å². The van der Waals surface area contributed by atoms with Gasteiger partial charge in [0.25, 0.3) is 5.56 Å². The van der Waals surface area contributed by atoms with E-state index in [2.05, 4.69) is 4.98 Å². The minimum Gasteiger partial charge on any atom is -0.491 e. The van der Waals surface area contributed by atoms with Gasteiger partial charge in [-0.05, 0) is 36.1 Å². The van der Waals surface area contributed by atoms with Gasteiger partial charge in [-0.2, -0.15) is 0 Å². The standard InChI is InChI=1S/C22H29FN4O4/c1-14(2)9-25-13-24-20-19(25)21(29)27(22(30)26(20)10-15(3)4)11-17(28)12-31-18-7-5-16(23)6-8-18/h5-8,13-15,17,28H,9-12H2,1-4H3. The first kappa shape index (κ1) is 22.7. The lowest BCUT2D eigenvalue weighted by atomic mass is 10.2. The Kier molecular flexibility index (Phi) is 6.94. The fourth-order valence-electron chi connectivity index (χ4n) is 3.45. The lowest BCUT2D eigenvalue weighted by Gasteiger charge is -2.17. The highest BCUT2D eigenvalue weighted by Gasteiger charge is 2.21. The summed E-state index contributed by atoms with van der Waals surface area (Å²) in [6.45, 7) is 8.63. The number of imidazole rings is 1. The predicted molar refractivity (Wildman–Crippen MR) is 116 cm³/mol. The van der Waals surface area contributed by atoms with Crippen LogP contribution in [-0.2, 0) is 19.6 Å². The van der Waals surface area contributed by atoms with Crippen LogP contribution >= 0.6 is 0 Å². The summed E-state index contributed by atoms with van der Waals surface area (Å²) in [7, 11) is 0. The van der Waals surface area contributed by atoms with Gasteiger partial charge in [0.15, 0.2) is 11.2 Å². The van der Waals surface area contributed by atoms with Gasteiger partial charge in [-0.1, -0.05) is 27.7 Å². The third-order valence-electron chi connectivity index (χ3n) is 4.74. The molecule has 1 atom stereocenters. The molecule has 0 aliphatic rings. The molecule has 3 rings (SSSR count). The van der Waals surface area contributed by atoms with E-state index < -0.39 is 23.2 Å². The summed E-state index contributed by atoms with van der Waals surface area (Å²) in [5.74, 6) is 0.436. The average molecular weight is 432 g/mol. The first-order valence-electron chi connectivity index (χ1n) is 10.4. The Labute approximate surface area is 179 Å². The number of benzene rings is 1. The van der Waals surface area contributed by atoms with E-state index in [-0.39, 0.29) is 25.0 Å². The maximum Gasteiger partial charge on any atom is 0.332 e. The zero-order valence-electron chi connectivity index (χ0n) is 18.3. The molecule has 1 unspecified atom stereocenters. The number of fused-ring (bicyclic) bond motifs is 1. The topological polar surface area (TPSA) is 91.3 Å². The molecule has 0 fully saturated rings. The third-order valence-corrected chi connectivity index (χ3v) is 4.74. The van der Waals surface area contributed by atoms with E-state index in [4.69, 9.17) is 4.74 Å². The molecule has 0 aliphatic carbocycles. The smallest absolute Gasteiger partial charge is 0.332 e. The summed E-state index contributed by atoms with van der Waals surface area (Å²) in [5.41, 5.74) is -0.293. The van der Waals surface area contributed by atoms with E-state index in [1.807, 2.05) is 27.7 Å². The van der Waals surface area contributed by atoms with E-state index in [1.165, 1.54) is 28.8 Å². The number of aliphatic hydroxyl groups excluding tert-OH is 1. The van der Waals surface area contributed by atoms with Gasteiger partial charge in [-0.3, -0.25) is 13.9 Å². The van der Waals surface area contributed by atoms with Crippen LogP contribution in [-0.4, -0.2) is 36.5 Å². The molecule has 9 heteroatoms. The average Bonchev–Trinajstić information content (AvgIpc) is 3.10. The Bertz CT molecular complexity index is 1150. The number of rotatable bonds is 9. The summed E-state index contributed by atoms with van der Waals surface area (Å²) in [6.07, 6.45) is 0.475. The SMILES string of the molecule is CC(C)Cn1cnc2c1c(=O)n(CC(O)COc1ccc(F)cc1)c(=O)n2CC(C)C. The van der Waals surface area contributed by atoms with E-state index in [0.717, 1.165) is 4.57 Å². The van der Waals surface area contributed by atoms with Gasteiger partial charge in [0.1, 0.15) is 24.3 Å². The number of halogens is 1. The first-order valence-corrected chi connectivity index (χ1v) is 10.4. The maximum absolute atomic E-state index is 13.2. The summed E-state index contributed by atoms with van der Waals surface area (Å²) in [5, 5.41) is 10.4. The second kappa shape index (κ2) is 9.47. The van der Waals surface area contributed by atoms with Gasteiger partial charge in [0, 0.05) is 13.1 Å². The fourth-order valence-corrected chi connectivity index (χ4v) is 3.45. The molecule has 0 bridgehead atoms. The third kappa shape index (κ3) is 5.22. The van der Waals surface area contributed by atoms with Crippen molar-refractivity contribution in [1.29, 1.82) is 0 Å². The molecule has 0 radical (unpaired) electrons. The summed E-state index contributed by atoms with van der Waals surface area (Å²) in [6, 6.07) is 5.39. The molecule has 0 spiro atoms. The maximum atomic E-state index is 13.2. The van der Waals surface area contributed by atoms with Gasteiger partial charge in [0.2, 0.25) is 0 Å². The van der Waals surface area contributed by atoms with Crippen LogP contribution in [0.5, 0.6) is 5.75 Å². The first-order chi connectivity index (χ1) is 14.7. The van der Waals surface area contributed by atoms with Crippen LogP contribution in [0.4, 0.5) is 4.39 Å². The van der Waals surface area contributed by atoms with Crippen molar-refractivity contribution in [3.63, 3.8) is 0 Å². The van der Waals surface area contributed by atoms with Crippen LogP contribution in [0.15, 0.2) is 40.2 Å². The molecule has 0 saturated carbocycles. The fraction of sp³-hybridized carbons (Fsp3) is 0.500. The number of hydrogen-bond acceptors (Lipinski definition) is 5. The van der Waals surface area contributed by atoms with Crippen molar-refractivity contribution >= 4 is 11.2 Å². The summed E-state index contributed by atoms with van der Waals surface area (Å²) >= 11 is 0. The van der Waals surface area contributed by atoms with E-state index in [9.17, 15) is 19.1 Å². The van der Waals surface area contributed by atoms with Crippen LogP contribution in [0.1, 0.15) is 27.7 Å².